The fourth-order valence-corrected chi connectivity index (χ4v) is 3.51. The zero-order chi connectivity index (χ0) is 21.2. The van der Waals surface area contributed by atoms with Crippen LogP contribution in [0.25, 0.3) is 0 Å². The third-order valence-corrected chi connectivity index (χ3v) is 5.63. The zero-order valence-electron chi connectivity index (χ0n) is 17.8. The van der Waals surface area contributed by atoms with E-state index >= 15 is 0 Å². The molecule has 8 heteroatoms. The van der Waals surface area contributed by atoms with Crippen molar-refractivity contribution in [1.82, 2.24) is 0 Å². The van der Waals surface area contributed by atoms with Crippen LogP contribution in [0.15, 0.2) is 36.6 Å². The molecule has 1 aromatic rings. The molecule has 1 aromatic carbocycles. The third kappa shape index (κ3) is 4.01. The van der Waals surface area contributed by atoms with Crippen LogP contribution < -0.4 is 4.74 Å². The second kappa shape index (κ2) is 8.59. The molecule has 162 valence electrons. The average molecular weight is 410 g/mol. The molecule has 0 N–H and O–H groups in total. The van der Waals surface area contributed by atoms with Crippen molar-refractivity contribution in [2.75, 3.05) is 28.4 Å². The van der Waals surface area contributed by atoms with E-state index in [1.807, 2.05) is 24.3 Å². The Morgan fingerprint density at radius 1 is 0.966 bits per heavy atom. The van der Waals surface area contributed by atoms with Gasteiger partial charge in [-0.3, -0.25) is 0 Å². The van der Waals surface area contributed by atoms with Crippen molar-refractivity contribution in [2.24, 2.45) is 0 Å². The van der Waals surface area contributed by atoms with Crippen molar-refractivity contribution in [1.29, 1.82) is 0 Å². The van der Waals surface area contributed by atoms with Gasteiger partial charge in [-0.25, -0.2) is 0 Å². The van der Waals surface area contributed by atoms with Crippen LogP contribution in [0.1, 0.15) is 19.4 Å². The Labute approximate surface area is 171 Å². The summed E-state index contributed by atoms with van der Waals surface area (Å²) >= 11 is 0. The molecule has 0 amide bonds. The van der Waals surface area contributed by atoms with Gasteiger partial charge in [0.05, 0.1) is 13.7 Å². The van der Waals surface area contributed by atoms with Gasteiger partial charge in [-0.1, -0.05) is 18.7 Å². The first-order valence-corrected chi connectivity index (χ1v) is 9.39. The Morgan fingerprint density at radius 3 is 2.14 bits per heavy atom. The highest BCUT2D eigenvalue weighted by Crippen LogP contribution is 2.45. The number of hydrogen-bond acceptors (Lipinski definition) is 8. The second-order valence-corrected chi connectivity index (χ2v) is 7.23. The minimum Gasteiger partial charge on any atom is -0.497 e. The first-order chi connectivity index (χ1) is 13.8. The number of hydrogen-bond donors (Lipinski definition) is 0. The van der Waals surface area contributed by atoms with E-state index in [0.717, 1.165) is 11.3 Å². The molecule has 0 aliphatic carbocycles. The van der Waals surface area contributed by atoms with Gasteiger partial charge in [-0.15, -0.1) is 0 Å². The third-order valence-electron chi connectivity index (χ3n) is 5.63. The average Bonchev–Trinajstić information content (AvgIpc) is 2.74. The van der Waals surface area contributed by atoms with Crippen molar-refractivity contribution in [3.8, 4) is 5.75 Å². The van der Waals surface area contributed by atoms with Crippen molar-refractivity contribution in [3.63, 3.8) is 0 Å². The topological polar surface area (TPSA) is 73.8 Å². The molecule has 2 saturated heterocycles. The van der Waals surface area contributed by atoms with E-state index in [1.165, 1.54) is 14.2 Å². The Hall–Kier alpha value is -1.68. The molecule has 0 spiro atoms. The van der Waals surface area contributed by atoms with Crippen LogP contribution in [0.5, 0.6) is 5.75 Å². The molecule has 0 radical (unpaired) electrons. The van der Waals surface area contributed by atoms with Crippen molar-refractivity contribution >= 4 is 0 Å². The number of methoxy groups -OCH3 is 4. The van der Waals surface area contributed by atoms with Gasteiger partial charge in [0.2, 0.25) is 17.9 Å². The molecule has 2 heterocycles. The quantitative estimate of drug-likeness (QED) is 0.679. The predicted molar refractivity (Wildman–Crippen MR) is 103 cm³/mol. The summed E-state index contributed by atoms with van der Waals surface area (Å²) in [5.41, 5.74) is 0.967. The number of fused-ring (bicyclic) bond motifs is 1. The molecular formula is C21H30O8. The van der Waals surface area contributed by atoms with Gasteiger partial charge in [0.15, 0.2) is 0 Å². The largest absolute Gasteiger partial charge is 0.497 e. The lowest BCUT2D eigenvalue weighted by atomic mass is 9.96. The lowest BCUT2D eigenvalue weighted by molar-refractivity contribution is -0.465. The van der Waals surface area contributed by atoms with Crippen molar-refractivity contribution in [3.05, 3.63) is 42.2 Å². The summed E-state index contributed by atoms with van der Waals surface area (Å²) in [6.07, 6.45) is -2.49. The summed E-state index contributed by atoms with van der Waals surface area (Å²) in [5.74, 6) is -1.19. The second-order valence-electron chi connectivity index (χ2n) is 7.23. The summed E-state index contributed by atoms with van der Waals surface area (Å²) < 4.78 is 46.4. The summed E-state index contributed by atoms with van der Waals surface area (Å²) in [7, 11) is 6.24. The lowest BCUT2D eigenvalue weighted by Gasteiger charge is -2.55. The van der Waals surface area contributed by atoms with Crippen LogP contribution in [-0.4, -0.2) is 64.6 Å². The van der Waals surface area contributed by atoms with Crippen LogP contribution >= 0.6 is 0 Å². The SMILES string of the molecule is C=C1O[C@H](OC)[C@@H](OCc2ccc(OC)cc2)[C@H]2O[C@](C)(OC)[C@@](C)(OC)O[C@H]12. The highest BCUT2D eigenvalue weighted by molar-refractivity contribution is 5.26. The van der Waals surface area contributed by atoms with E-state index in [4.69, 9.17) is 37.9 Å². The van der Waals surface area contributed by atoms with E-state index in [9.17, 15) is 0 Å². The predicted octanol–water partition coefficient (Wildman–Crippen LogP) is 2.61. The van der Waals surface area contributed by atoms with E-state index < -0.39 is 36.2 Å². The molecule has 29 heavy (non-hydrogen) atoms. The minimum atomic E-state index is -1.18. The van der Waals surface area contributed by atoms with Crippen LogP contribution in [-0.2, 0) is 39.8 Å². The molecule has 0 unspecified atom stereocenters. The van der Waals surface area contributed by atoms with Crippen LogP contribution in [0.4, 0.5) is 0 Å². The van der Waals surface area contributed by atoms with Gasteiger partial charge < -0.3 is 37.9 Å². The fourth-order valence-electron chi connectivity index (χ4n) is 3.51. The standard InChI is InChI=1S/C21H30O8/c1-13-16-17(29-21(3,25-7)20(2,24-6)28-16)18(19(23-5)27-13)26-12-14-8-10-15(22-4)11-9-14/h8-11,16-19H,1,12H2,2-7H3/t16-,17+,18+,19+,20+,21+/m1/s1. The van der Waals surface area contributed by atoms with Crippen LogP contribution in [0.3, 0.4) is 0 Å². The molecular weight excluding hydrogens is 380 g/mol. The van der Waals surface area contributed by atoms with Gasteiger partial charge in [0, 0.05) is 21.3 Å². The highest BCUT2D eigenvalue weighted by Gasteiger charge is 2.61. The van der Waals surface area contributed by atoms with E-state index in [0.29, 0.717) is 12.4 Å². The maximum absolute atomic E-state index is 6.34. The monoisotopic (exact) mass is 410 g/mol. The number of ether oxygens (including phenoxy) is 8. The maximum Gasteiger partial charge on any atom is 0.228 e. The fraction of sp³-hybridized carbons (Fsp3) is 0.619. The van der Waals surface area contributed by atoms with Crippen LogP contribution in [0.2, 0.25) is 0 Å². The summed E-state index contributed by atoms with van der Waals surface area (Å²) in [4.78, 5) is 0. The van der Waals surface area contributed by atoms with E-state index in [-0.39, 0.29) is 0 Å². The first kappa shape index (κ1) is 22.0. The smallest absolute Gasteiger partial charge is 0.228 e. The molecule has 3 rings (SSSR count). The van der Waals surface area contributed by atoms with Gasteiger partial charge >= 0.3 is 0 Å². The number of benzene rings is 1. The molecule has 2 fully saturated rings. The Morgan fingerprint density at radius 2 is 1.59 bits per heavy atom. The van der Waals surface area contributed by atoms with Crippen LogP contribution in [0, 0.1) is 0 Å². The minimum absolute atomic E-state index is 0.322. The Bertz CT molecular complexity index is 707. The summed E-state index contributed by atoms with van der Waals surface area (Å²) in [6, 6.07) is 7.61. The molecule has 2 aliphatic rings. The normalized spacial score (nSPS) is 37.0. The molecule has 6 atom stereocenters. The molecule has 2 aliphatic heterocycles. The van der Waals surface area contributed by atoms with Crippen molar-refractivity contribution < 1.29 is 37.9 Å². The lowest BCUT2D eigenvalue weighted by Crippen LogP contribution is -2.70. The van der Waals surface area contributed by atoms with E-state index in [2.05, 4.69) is 6.58 Å². The van der Waals surface area contributed by atoms with Gasteiger partial charge in [-0.2, -0.15) is 0 Å². The molecule has 8 nitrogen and oxygen atoms in total. The Balaban J connectivity index is 1.83. The molecule has 0 bridgehead atoms. The van der Waals surface area contributed by atoms with Crippen molar-refractivity contribution in [2.45, 2.75) is 56.6 Å². The zero-order valence-corrected chi connectivity index (χ0v) is 17.8. The number of rotatable bonds is 7. The van der Waals surface area contributed by atoms with Gasteiger partial charge in [0.25, 0.3) is 0 Å². The first-order valence-electron chi connectivity index (χ1n) is 9.39. The van der Waals surface area contributed by atoms with Gasteiger partial charge in [0.1, 0.15) is 29.8 Å². The Kier molecular flexibility index (Phi) is 6.52. The summed E-state index contributed by atoms with van der Waals surface area (Å²) in [6.45, 7) is 7.79. The van der Waals surface area contributed by atoms with E-state index in [1.54, 1.807) is 28.1 Å². The molecule has 0 saturated carbocycles. The highest BCUT2D eigenvalue weighted by atomic mass is 16.8. The molecule has 0 aromatic heterocycles. The maximum atomic E-state index is 6.34. The summed E-state index contributed by atoms with van der Waals surface area (Å²) in [5, 5.41) is 0. The van der Waals surface area contributed by atoms with Gasteiger partial charge in [-0.05, 0) is 31.5 Å².